The Kier molecular flexibility index (Phi) is 6.60. The Morgan fingerprint density at radius 3 is 2.04 bits per heavy atom. The van der Waals surface area contributed by atoms with Crippen LogP contribution in [0.3, 0.4) is 0 Å². The van der Waals surface area contributed by atoms with Gasteiger partial charge in [0.25, 0.3) is 0 Å². The monoisotopic (exact) mass is 393 g/mol. The Balaban J connectivity index is 2.09. The molecule has 2 N–H and O–H groups in total. The van der Waals surface area contributed by atoms with Crippen LogP contribution in [0.2, 0.25) is 10.0 Å². The molecule has 0 atom stereocenters. The minimum absolute atomic E-state index is 0.172. The first-order valence-electron chi connectivity index (χ1n) is 7.67. The highest BCUT2D eigenvalue weighted by Crippen LogP contribution is 2.25. The molecule has 2 rings (SSSR count). The predicted octanol–water partition coefficient (Wildman–Crippen LogP) is 3.94. The van der Waals surface area contributed by atoms with Gasteiger partial charge in [0.05, 0.1) is 10.0 Å². The quantitative estimate of drug-likeness (QED) is 0.806. The normalized spacial score (nSPS) is 10.2. The third kappa shape index (κ3) is 5.47. The topological polar surface area (TPSA) is 78.5 Å². The maximum Gasteiger partial charge on any atom is 0.244 e. The van der Waals surface area contributed by atoms with E-state index < -0.39 is 0 Å². The number of hydrogen-bond donors (Lipinski definition) is 2. The van der Waals surface area contributed by atoms with Crippen LogP contribution in [0.15, 0.2) is 42.5 Å². The van der Waals surface area contributed by atoms with Crippen molar-refractivity contribution in [2.75, 3.05) is 22.1 Å². The number of anilines is 3. The number of rotatable bonds is 5. The molecule has 0 fully saturated rings. The van der Waals surface area contributed by atoms with Gasteiger partial charge >= 0.3 is 0 Å². The molecule has 0 unspecified atom stereocenters. The van der Waals surface area contributed by atoms with Gasteiger partial charge in [-0.25, -0.2) is 0 Å². The van der Waals surface area contributed by atoms with Gasteiger partial charge in [-0.3, -0.25) is 14.4 Å². The molecule has 0 aliphatic heterocycles. The van der Waals surface area contributed by atoms with E-state index in [4.69, 9.17) is 23.2 Å². The zero-order chi connectivity index (χ0) is 19.3. The second-order valence-corrected chi connectivity index (χ2v) is 6.32. The van der Waals surface area contributed by atoms with Crippen LogP contribution in [0.25, 0.3) is 0 Å². The lowest BCUT2D eigenvalue weighted by Gasteiger charge is -2.21. The van der Waals surface area contributed by atoms with Gasteiger partial charge in [0.15, 0.2) is 0 Å². The lowest BCUT2D eigenvalue weighted by atomic mass is 10.2. The van der Waals surface area contributed by atoms with Gasteiger partial charge in [-0.05, 0) is 42.5 Å². The van der Waals surface area contributed by atoms with Crippen LogP contribution >= 0.6 is 23.2 Å². The molecule has 0 radical (unpaired) electrons. The van der Waals surface area contributed by atoms with E-state index in [0.717, 1.165) is 0 Å². The minimum atomic E-state index is -0.385. The number of nitrogens with zero attached hydrogens (tertiary/aromatic N) is 1. The summed E-state index contributed by atoms with van der Waals surface area (Å²) in [5, 5.41) is 6.01. The van der Waals surface area contributed by atoms with E-state index in [1.54, 1.807) is 36.4 Å². The number of benzene rings is 2. The first-order valence-corrected chi connectivity index (χ1v) is 8.42. The van der Waals surface area contributed by atoms with Crippen LogP contribution in [-0.2, 0) is 14.4 Å². The Bertz CT molecular complexity index is 838. The first kappa shape index (κ1) is 19.8. The molecule has 0 spiro atoms. The van der Waals surface area contributed by atoms with Crippen LogP contribution in [0.4, 0.5) is 17.1 Å². The van der Waals surface area contributed by atoms with Crippen molar-refractivity contribution in [2.45, 2.75) is 13.8 Å². The Hall–Kier alpha value is -2.57. The Labute approximate surface area is 161 Å². The fourth-order valence-electron chi connectivity index (χ4n) is 2.23. The molecule has 0 aliphatic rings. The van der Waals surface area contributed by atoms with Crippen molar-refractivity contribution in [3.05, 3.63) is 52.5 Å². The number of carbonyl (C=O) groups excluding carboxylic acids is 3. The van der Waals surface area contributed by atoms with E-state index in [-0.39, 0.29) is 24.3 Å². The maximum atomic E-state index is 12.3. The van der Waals surface area contributed by atoms with E-state index in [2.05, 4.69) is 10.6 Å². The molecular formula is C18H17Cl2N3O3. The average Bonchev–Trinajstić information content (AvgIpc) is 2.56. The Morgan fingerprint density at radius 2 is 1.50 bits per heavy atom. The zero-order valence-corrected chi connectivity index (χ0v) is 15.7. The van der Waals surface area contributed by atoms with Crippen LogP contribution in [-0.4, -0.2) is 24.3 Å². The fourth-order valence-corrected chi connectivity index (χ4v) is 2.53. The summed E-state index contributed by atoms with van der Waals surface area (Å²) >= 11 is 11.8. The molecule has 2 aromatic carbocycles. The van der Waals surface area contributed by atoms with Gasteiger partial charge in [0.1, 0.15) is 6.54 Å². The highest BCUT2D eigenvalue weighted by Gasteiger charge is 2.16. The summed E-state index contributed by atoms with van der Waals surface area (Å²) in [5.74, 6) is -0.867. The molecule has 0 heterocycles. The van der Waals surface area contributed by atoms with Crippen molar-refractivity contribution in [3.63, 3.8) is 0 Å². The average molecular weight is 394 g/mol. The highest BCUT2D eigenvalue weighted by molar-refractivity contribution is 6.42. The molecule has 0 aromatic heterocycles. The molecule has 2 aromatic rings. The minimum Gasteiger partial charge on any atom is -0.326 e. The zero-order valence-electron chi connectivity index (χ0n) is 14.2. The van der Waals surface area contributed by atoms with E-state index in [1.807, 2.05) is 0 Å². The standard InChI is InChI=1S/C18H17Cl2N3O3/c1-11(24)21-13-3-6-15(7-4-13)23(12(2)25)10-18(26)22-14-5-8-16(19)17(20)9-14/h3-9H,10H2,1-2H3,(H,21,24)(H,22,26). The van der Waals surface area contributed by atoms with E-state index in [1.165, 1.54) is 24.8 Å². The summed E-state index contributed by atoms with van der Waals surface area (Å²) in [5.41, 5.74) is 1.62. The highest BCUT2D eigenvalue weighted by atomic mass is 35.5. The molecule has 8 heteroatoms. The van der Waals surface area contributed by atoms with E-state index in [9.17, 15) is 14.4 Å². The molecule has 0 saturated carbocycles. The molecule has 0 aliphatic carbocycles. The maximum absolute atomic E-state index is 12.3. The molecule has 136 valence electrons. The smallest absolute Gasteiger partial charge is 0.244 e. The van der Waals surface area contributed by atoms with Crippen LogP contribution in [0, 0.1) is 0 Å². The largest absolute Gasteiger partial charge is 0.326 e. The summed E-state index contributed by atoms with van der Waals surface area (Å²) < 4.78 is 0. The molecule has 0 bridgehead atoms. The van der Waals surface area contributed by atoms with Gasteiger partial charge in [0, 0.05) is 30.9 Å². The number of halogens is 2. The van der Waals surface area contributed by atoms with Gasteiger partial charge in [-0.2, -0.15) is 0 Å². The third-order valence-corrected chi connectivity index (χ3v) is 4.12. The summed E-state index contributed by atoms with van der Waals surface area (Å²) in [7, 11) is 0. The summed E-state index contributed by atoms with van der Waals surface area (Å²) in [6, 6.07) is 11.3. The number of nitrogens with one attached hydrogen (secondary N) is 2. The second-order valence-electron chi connectivity index (χ2n) is 5.51. The second kappa shape index (κ2) is 8.69. The van der Waals surface area contributed by atoms with Gasteiger partial charge in [-0.15, -0.1) is 0 Å². The van der Waals surface area contributed by atoms with E-state index >= 15 is 0 Å². The van der Waals surface area contributed by atoms with Crippen molar-refractivity contribution >= 4 is 58.0 Å². The lowest BCUT2D eigenvalue weighted by molar-refractivity contribution is -0.120. The van der Waals surface area contributed by atoms with Gasteiger partial charge in [-0.1, -0.05) is 23.2 Å². The molecule has 0 saturated heterocycles. The molecular weight excluding hydrogens is 377 g/mol. The van der Waals surface area contributed by atoms with Crippen molar-refractivity contribution in [1.29, 1.82) is 0 Å². The Morgan fingerprint density at radius 1 is 0.885 bits per heavy atom. The van der Waals surface area contributed by atoms with Crippen LogP contribution in [0.5, 0.6) is 0 Å². The summed E-state index contributed by atoms with van der Waals surface area (Å²) in [4.78, 5) is 36.6. The summed E-state index contributed by atoms with van der Waals surface area (Å²) in [6.45, 7) is 2.60. The first-order chi connectivity index (χ1) is 12.3. The van der Waals surface area contributed by atoms with Crippen molar-refractivity contribution in [2.24, 2.45) is 0 Å². The third-order valence-electron chi connectivity index (χ3n) is 3.38. The van der Waals surface area contributed by atoms with E-state index in [0.29, 0.717) is 27.1 Å². The summed E-state index contributed by atoms with van der Waals surface area (Å²) in [6.07, 6.45) is 0. The fraction of sp³-hybridized carbons (Fsp3) is 0.167. The van der Waals surface area contributed by atoms with Gasteiger partial charge in [0.2, 0.25) is 17.7 Å². The van der Waals surface area contributed by atoms with Crippen LogP contribution < -0.4 is 15.5 Å². The SMILES string of the molecule is CC(=O)Nc1ccc(N(CC(=O)Nc2ccc(Cl)c(Cl)c2)C(C)=O)cc1. The predicted molar refractivity (Wildman–Crippen MR) is 104 cm³/mol. The lowest BCUT2D eigenvalue weighted by Crippen LogP contribution is -2.36. The van der Waals surface area contributed by atoms with Crippen LogP contribution in [0.1, 0.15) is 13.8 Å². The van der Waals surface area contributed by atoms with Crippen molar-refractivity contribution in [3.8, 4) is 0 Å². The number of hydrogen-bond acceptors (Lipinski definition) is 3. The molecule has 3 amide bonds. The molecule has 6 nitrogen and oxygen atoms in total. The van der Waals surface area contributed by atoms with Crippen molar-refractivity contribution in [1.82, 2.24) is 0 Å². The number of amides is 3. The van der Waals surface area contributed by atoms with Crippen molar-refractivity contribution < 1.29 is 14.4 Å². The van der Waals surface area contributed by atoms with Gasteiger partial charge < -0.3 is 15.5 Å². The number of carbonyl (C=O) groups is 3. The molecule has 26 heavy (non-hydrogen) atoms.